The van der Waals surface area contributed by atoms with Crippen molar-refractivity contribution >= 4 is 10.0 Å². The van der Waals surface area contributed by atoms with E-state index in [1.807, 2.05) is 0 Å². The van der Waals surface area contributed by atoms with E-state index in [2.05, 4.69) is 14.9 Å². The minimum atomic E-state index is -3.49. The average molecular weight is 272 g/mol. The zero-order valence-corrected chi connectivity index (χ0v) is 11.3. The van der Waals surface area contributed by atoms with Crippen molar-refractivity contribution in [3.05, 3.63) is 11.9 Å². The van der Waals surface area contributed by atoms with Gasteiger partial charge >= 0.3 is 0 Å². The Balaban J connectivity index is 2.15. The molecule has 102 valence electrons. The van der Waals surface area contributed by atoms with E-state index in [4.69, 9.17) is 5.73 Å². The van der Waals surface area contributed by atoms with Gasteiger partial charge in [-0.25, -0.2) is 13.1 Å². The van der Waals surface area contributed by atoms with Gasteiger partial charge in [0.15, 0.2) is 0 Å². The second-order valence-corrected chi connectivity index (χ2v) is 6.55. The molecule has 7 heteroatoms. The van der Waals surface area contributed by atoms with Gasteiger partial charge in [0.1, 0.15) is 4.90 Å². The lowest BCUT2D eigenvalue weighted by Gasteiger charge is -2.30. The number of aromatic amines is 1. The van der Waals surface area contributed by atoms with Crippen LogP contribution in [0.3, 0.4) is 0 Å². The Morgan fingerprint density at radius 1 is 1.50 bits per heavy atom. The number of nitrogens with one attached hydrogen (secondary N) is 2. The fourth-order valence-corrected chi connectivity index (χ4v) is 3.99. The number of hydrogen-bond acceptors (Lipinski definition) is 4. The van der Waals surface area contributed by atoms with Crippen LogP contribution in [0.15, 0.2) is 11.1 Å². The first-order valence-corrected chi connectivity index (χ1v) is 7.75. The molecular weight excluding hydrogens is 252 g/mol. The van der Waals surface area contributed by atoms with Crippen molar-refractivity contribution < 1.29 is 8.42 Å². The molecule has 1 aliphatic rings. The number of aromatic nitrogens is 2. The van der Waals surface area contributed by atoms with Crippen molar-refractivity contribution in [3.63, 3.8) is 0 Å². The zero-order chi connectivity index (χ0) is 13.2. The molecule has 6 nitrogen and oxygen atoms in total. The molecule has 1 aromatic rings. The maximum Gasteiger partial charge on any atom is 0.244 e. The molecule has 0 aliphatic heterocycles. The lowest BCUT2D eigenvalue weighted by Crippen LogP contribution is -2.44. The van der Waals surface area contributed by atoms with Gasteiger partial charge in [-0.1, -0.05) is 12.8 Å². The number of sulfonamides is 1. The van der Waals surface area contributed by atoms with Gasteiger partial charge < -0.3 is 5.73 Å². The van der Waals surface area contributed by atoms with Crippen LogP contribution in [-0.2, 0) is 10.0 Å². The van der Waals surface area contributed by atoms with Crippen molar-refractivity contribution in [2.24, 2.45) is 11.7 Å². The Kier molecular flexibility index (Phi) is 4.04. The van der Waals surface area contributed by atoms with E-state index < -0.39 is 10.0 Å². The fraction of sp³-hybridized carbons (Fsp3) is 0.727. The molecule has 0 radical (unpaired) electrons. The molecule has 2 atom stereocenters. The maximum atomic E-state index is 12.2. The highest BCUT2D eigenvalue weighted by molar-refractivity contribution is 7.89. The lowest BCUT2D eigenvalue weighted by atomic mass is 9.85. The summed E-state index contributed by atoms with van der Waals surface area (Å²) in [5, 5.41) is 6.39. The predicted molar refractivity (Wildman–Crippen MR) is 68.4 cm³/mol. The number of aryl methyl sites for hydroxylation is 1. The highest BCUT2D eigenvalue weighted by Gasteiger charge is 2.29. The predicted octanol–water partition coefficient (Wildman–Crippen LogP) is 0.514. The van der Waals surface area contributed by atoms with Crippen molar-refractivity contribution in [1.29, 1.82) is 0 Å². The summed E-state index contributed by atoms with van der Waals surface area (Å²) < 4.78 is 27.2. The van der Waals surface area contributed by atoms with Crippen molar-refractivity contribution in [2.45, 2.75) is 43.5 Å². The van der Waals surface area contributed by atoms with E-state index in [-0.39, 0.29) is 16.9 Å². The van der Waals surface area contributed by atoms with Gasteiger partial charge in [0.25, 0.3) is 0 Å². The van der Waals surface area contributed by atoms with Gasteiger partial charge in [-0.15, -0.1) is 0 Å². The summed E-state index contributed by atoms with van der Waals surface area (Å²) >= 11 is 0. The van der Waals surface area contributed by atoms with E-state index in [9.17, 15) is 8.42 Å². The molecule has 2 unspecified atom stereocenters. The summed E-state index contributed by atoms with van der Waals surface area (Å²) in [7, 11) is -3.49. The second kappa shape index (κ2) is 5.38. The summed E-state index contributed by atoms with van der Waals surface area (Å²) in [4.78, 5) is 0.226. The SMILES string of the molecule is Cc1[nH]ncc1S(=O)(=O)NC1CCCCC1CN. The van der Waals surface area contributed by atoms with Crippen LogP contribution in [0.4, 0.5) is 0 Å². The molecule has 0 saturated heterocycles. The molecule has 1 fully saturated rings. The number of nitrogens with two attached hydrogens (primary N) is 1. The summed E-state index contributed by atoms with van der Waals surface area (Å²) in [6.45, 7) is 2.22. The van der Waals surface area contributed by atoms with Gasteiger partial charge in [-0.05, 0) is 32.2 Å². The van der Waals surface area contributed by atoms with Crippen LogP contribution in [0.25, 0.3) is 0 Å². The molecule has 0 amide bonds. The summed E-state index contributed by atoms with van der Waals surface area (Å²) in [5.74, 6) is 0.237. The number of nitrogens with zero attached hydrogens (tertiary/aromatic N) is 1. The monoisotopic (exact) mass is 272 g/mol. The van der Waals surface area contributed by atoms with Crippen molar-refractivity contribution in [1.82, 2.24) is 14.9 Å². The topological polar surface area (TPSA) is 101 Å². The number of hydrogen-bond donors (Lipinski definition) is 3. The van der Waals surface area contributed by atoms with E-state index in [1.54, 1.807) is 6.92 Å². The van der Waals surface area contributed by atoms with Crippen LogP contribution >= 0.6 is 0 Å². The molecule has 1 aliphatic carbocycles. The van der Waals surface area contributed by atoms with Crippen LogP contribution in [-0.4, -0.2) is 31.2 Å². The quantitative estimate of drug-likeness (QED) is 0.743. The zero-order valence-electron chi connectivity index (χ0n) is 10.5. The van der Waals surface area contributed by atoms with Crippen LogP contribution < -0.4 is 10.5 Å². The molecule has 0 bridgehead atoms. The Labute approximate surface area is 107 Å². The fourth-order valence-electron chi connectivity index (χ4n) is 2.52. The molecule has 0 spiro atoms. The van der Waals surface area contributed by atoms with Gasteiger partial charge in [-0.2, -0.15) is 5.10 Å². The van der Waals surface area contributed by atoms with Crippen LogP contribution in [0, 0.1) is 12.8 Å². The summed E-state index contributed by atoms with van der Waals surface area (Å²) in [6, 6.07) is -0.0527. The molecule has 0 aromatic carbocycles. The van der Waals surface area contributed by atoms with Gasteiger partial charge in [-0.3, -0.25) is 5.10 Å². The Bertz CT molecular complexity index is 497. The van der Waals surface area contributed by atoms with Crippen molar-refractivity contribution in [3.8, 4) is 0 Å². The summed E-state index contributed by atoms with van der Waals surface area (Å²) in [6.07, 6.45) is 5.38. The summed E-state index contributed by atoms with van der Waals surface area (Å²) in [5.41, 5.74) is 6.27. The van der Waals surface area contributed by atoms with Gasteiger partial charge in [0.2, 0.25) is 10.0 Å². The Morgan fingerprint density at radius 3 is 2.83 bits per heavy atom. The first-order valence-electron chi connectivity index (χ1n) is 6.27. The van der Waals surface area contributed by atoms with Crippen LogP contribution in [0.5, 0.6) is 0 Å². The van der Waals surface area contributed by atoms with E-state index in [0.717, 1.165) is 25.7 Å². The molecule has 1 saturated carbocycles. The molecule has 2 rings (SSSR count). The normalized spacial score (nSPS) is 25.2. The van der Waals surface area contributed by atoms with Crippen LogP contribution in [0.1, 0.15) is 31.4 Å². The highest BCUT2D eigenvalue weighted by Crippen LogP contribution is 2.25. The minimum Gasteiger partial charge on any atom is -0.330 e. The molecular formula is C11H20N4O2S. The van der Waals surface area contributed by atoms with E-state index >= 15 is 0 Å². The smallest absolute Gasteiger partial charge is 0.244 e. The van der Waals surface area contributed by atoms with Gasteiger partial charge in [0.05, 0.1) is 11.9 Å². The average Bonchev–Trinajstić information content (AvgIpc) is 2.76. The largest absolute Gasteiger partial charge is 0.330 e. The molecule has 18 heavy (non-hydrogen) atoms. The maximum absolute atomic E-state index is 12.2. The van der Waals surface area contributed by atoms with Crippen molar-refractivity contribution in [2.75, 3.05) is 6.54 Å². The lowest BCUT2D eigenvalue weighted by molar-refractivity contribution is 0.296. The molecule has 4 N–H and O–H groups in total. The third kappa shape index (κ3) is 2.73. The second-order valence-electron chi connectivity index (χ2n) is 4.87. The Morgan fingerprint density at radius 2 is 2.22 bits per heavy atom. The first kappa shape index (κ1) is 13.5. The molecule has 1 aromatic heterocycles. The third-order valence-corrected chi connectivity index (χ3v) is 5.20. The van der Waals surface area contributed by atoms with Gasteiger partial charge in [0, 0.05) is 6.04 Å². The number of H-pyrrole nitrogens is 1. The van der Waals surface area contributed by atoms with Crippen LogP contribution in [0.2, 0.25) is 0 Å². The Hall–Kier alpha value is -0.920. The number of rotatable bonds is 4. The standard InChI is InChI=1S/C11H20N4O2S/c1-8-11(7-13-14-8)18(16,17)15-10-5-3-2-4-9(10)6-12/h7,9-10,15H,2-6,12H2,1H3,(H,13,14). The van der Waals surface area contributed by atoms with E-state index in [0.29, 0.717) is 12.2 Å². The third-order valence-electron chi connectivity index (χ3n) is 3.59. The molecule has 1 heterocycles. The highest BCUT2D eigenvalue weighted by atomic mass is 32.2. The van der Waals surface area contributed by atoms with E-state index in [1.165, 1.54) is 6.20 Å². The first-order chi connectivity index (χ1) is 8.54. The minimum absolute atomic E-state index is 0.0527.